The molecular formula is C22H25F3N2O5S. The molecular weight excluding hydrogens is 461 g/mol. The van der Waals surface area contributed by atoms with Gasteiger partial charge in [0.1, 0.15) is 5.54 Å². The van der Waals surface area contributed by atoms with E-state index in [1.54, 1.807) is 0 Å². The number of ether oxygens (including phenoxy) is 2. The summed E-state index contributed by atoms with van der Waals surface area (Å²) in [6.45, 7) is 0.957. The van der Waals surface area contributed by atoms with Crippen molar-refractivity contribution in [3.05, 3.63) is 29.8 Å². The average Bonchev–Trinajstić information content (AvgIpc) is 3.42. The van der Waals surface area contributed by atoms with Crippen LogP contribution in [0.15, 0.2) is 29.2 Å². The van der Waals surface area contributed by atoms with Crippen molar-refractivity contribution in [2.75, 3.05) is 13.2 Å². The first kappa shape index (κ1) is 24.0. The molecule has 0 spiro atoms. The van der Waals surface area contributed by atoms with Gasteiger partial charge in [-0.25, -0.2) is 8.42 Å². The van der Waals surface area contributed by atoms with Crippen molar-refractivity contribution in [2.45, 2.75) is 72.6 Å². The number of nitriles is 1. The van der Waals surface area contributed by atoms with Gasteiger partial charge in [-0.15, -0.1) is 0 Å². The molecule has 0 bridgehead atoms. The molecule has 11 heteroatoms. The molecule has 3 atom stereocenters. The Bertz CT molecular complexity index is 1040. The van der Waals surface area contributed by atoms with E-state index in [2.05, 4.69) is 11.4 Å². The van der Waals surface area contributed by atoms with E-state index in [1.807, 2.05) is 0 Å². The lowest BCUT2D eigenvalue weighted by Crippen LogP contribution is -2.43. The maximum absolute atomic E-state index is 13.5. The van der Waals surface area contributed by atoms with Crippen LogP contribution in [0.1, 0.15) is 44.1 Å². The van der Waals surface area contributed by atoms with Gasteiger partial charge in [0.2, 0.25) is 5.91 Å². The molecule has 3 fully saturated rings. The zero-order valence-corrected chi connectivity index (χ0v) is 18.6. The number of hydrogen-bond donors (Lipinski definition) is 1. The Morgan fingerprint density at radius 2 is 1.85 bits per heavy atom. The lowest BCUT2D eigenvalue weighted by molar-refractivity contribution is -0.140. The van der Waals surface area contributed by atoms with Crippen LogP contribution in [0.25, 0.3) is 0 Å². The van der Waals surface area contributed by atoms with Gasteiger partial charge in [-0.2, -0.15) is 18.4 Å². The molecule has 7 nitrogen and oxygen atoms in total. The highest BCUT2D eigenvalue weighted by molar-refractivity contribution is 7.92. The van der Waals surface area contributed by atoms with Gasteiger partial charge < -0.3 is 14.8 Å². The van der Waals surface area contributed by atoms with Crippen LogP contribution < -0.4 is 5.32 Å². The number of rotatable bonds is 6. The number of nitrogens with one attached hydrogen (secondary N) is 1. The fourth-order valence-corrected chi connectivity index (χ4v) is 6.56. The lowest BCUT2D eigenvalue weighted by atomic mass is 10.0. The Morgan fingerprint density at radius 1 is 1.18 bits per heavy atom. The van der Waals surface area contributed by atoms with Crippen molar-refractivity contribution in [2.24, 2.45) is 5.92 Å². The van der Waals surface area contributed by atoms with E-state index >= 15 is 0 Å². The Hall–Kier alpha value is -2.16. The van der Waals surface area contributed by atoms with Crippen LogP contribution >= 0.6 is 0 Å². The summed E-state index contributed by atoms with van der Waals surface area (Å²) in [6.07, 6.45) is -3.92. The summed E-state index contributed by atoms with van der Waals surface area (Å²) in [5.74, 6) is -1.37. The lowest BCUT2D eigenvalue weighted by Gasteiger charge is -2.28. The monoisotopic (exact) mass is 486 g/mol. The second kappa shape index (κ2) is 8.89. The van der Waals surface area contributed by atoms with Crippen LogP contribution in [0.4, 0.5) is 13.2 Å². The summed E-state index contributed by atoms with van der Waals surface area (Å²) in [7, 11) is -4.40. The molecule has 1 aliphatic heterocycles. The Morgan fingerprint density at radius 3 is 2.45 bits per heavy atom. The van der Waals surface area contributed by atoms with E-state index in [-0.39, 0.29) is 18.9 Å². The van der Waals surface area contributed by atoms with Gasteiger partial charge in [-0.05, 0) is 50.7 Å². The van der Waals surface area contributed by atoms with Gasteiger partial charge >= 0.3 is 6.18 Å². The summed E-state index contributed by atoms with van der Waals surface area (Å²) < 4.78 is 78.5. The largest absolute Gasteiger partial charge is 0.417 e. The number of sulfone groups is 1. The van der Waals surface area contributed by atoms with Crippen molar-refractivity contribution in [3.63, 3.8) is 0 Å². The molecule has 4 rings (SSSR count). The normalized spacial score (nSPS) is 27.6. The molecule has 1 unspecified atom stereocenters. The molecule has 1 amide bonds. The zero-order chi connectivity index (χ0) is 23.9. The minimum atomic E-state index is -4.83. The number of hydrogen-bond acceptors (Lipinski definition) is 6. The van der Waals surface area contributed by atoms with Gasteiger partial charge in [-0.3, -0.25) is 4.79 Å². The van der Waals surface area contributed by atoms with Crippen LogP contribution in [-0.2, 0) is 30.3 Å². The number of benzene rings is 1. The third kappa shape index (κ3) is 5.03. The first-order valence-corrected chi connectivity index (χ1v) is 12.5. The highest BCUT2D eigenvalue weighted by Gasteiger charge is 2.51. The second-order valence-corrected chi connectivity index (χ2v) is 11.1. The first-order chi connectivity index (χ1) is 15.6. The van der Waals surface area contributed by atoms with Gasteiger partial charge in [0.15, 0.2) is 9.84 Å². The number of carbonyl (C=O) groups is 1. The molecule has 3 aliphatic rings. The SMILES string of the molecule is N#CC1(NC(=O)[C@@H]2CC(S(=O)(=O)c3ccccc3C(F)(F)F)C[C@H]2OC2CCOCC2)CC1. The fourth-order valence-electron chi connectivity index (χ4n) is 4.54. The number of carbonyl (C=O) groups excluding carboxylic acids is 1. The predicted octanol–water partition coefficient (Wildman–Crippen LogP) is 2.99. The van der Waals surface area contributed by atoms with Crippen molar-refractivity contribution in [3.8, 4) is 6.07 Å². The van der Waals surface area contributed by atoms with Crippen LogP contribution in [0.3, 0.4) is 0 Å². The van der Waals surface area contributed by atoms with Crippen molar-refractivity contribution >= 4 is 15.7 Å². The number of amides is 1. The summed E-state index contributed by atoms with van der Waals surface area (Å²) in [6, 6.07) is 6.15. The van der Waals surface area contributed by atoms with Crippen molar-refractivity contribution in [1.82, 2.24) is 5.32 Å². The average molecular weight is 487 g/mol. The van der Waals surface area contributed by atoms with Crippen molar-refractivity contribution in [1.29, 1.82) is 5.26 Å². The highest BCUT2D eigenvalue weighted by Crippen LogP contribution is 2.42. The highest BCUT2D eigenvalue weighted by atomic mass is 32.2. The van der Waals surface area contributed by atoms with E-state index in [9.17, 15) is 31.6 Å². The van der Waals surface area contributed by atoms with Gasteiger partial charge in [-0.1, -0.05) is 12.1 Å². The van der Waals surface area contributed by atoms with Gasteiger partial charge in [0.25, 0.3) is 0 Å². The standard InChI is InChI=1S/C22H25F3N2O5S/c23-22(24,25)17-3-1-2-4-19(17)33(29,30)15-11-16(20(28)27-21(13-26)7-8-21)18(12-15)32-14-5-9-31-10-6-14/h1-4,14-16,18H,5-12H2,(H,27,28)/t15?,16-,18-/m1/s1. The van der Waals surface area contributed by atoms with Crippen molar-refractivity contribution < 1.29 is 35.9 Å². The van der Waals surface area contributed by atoms with Crippen LogP contribution in [-0.4, -0.2) is 50.5 Å². The molecule has 0 radical (unpaired) electrons. The topological polar surface area (TPSA) is 105 Å². The molecule has 1 aromatic carbocycles. The van der Waals surface area contributed by atoms with Crippen LogP contribution in [0.5, 0.6) is 0 Å². The van der Waals surface area contributed by atoms with E-state index in [0.29, 0.717) is 38.9 Å². The smallest absolute Gasteiger partial charge is 0.381 e. The Labute approximate surface area is 190 Å². The molecule has 180 valence electrons. The minimum Gasteiger partial charge on any atom is -0.381 e. The number of nitrogens with zero attached hydrogens (tertiary/aromatic N) is 1. The predicted molar refractivity (Wildman–Crippen MR) is 110 cm³/mol. The molecule has 0 aromatic heterocycles. The molecule has 1 saturated heterocycles. The molecule has 1 aromatic rings. The third-order valence-electron chi connectivity index (χ3n) is 6.60. The maximum atomic E-state index is 13.5. The van der Waals surface area contributed by atoms with E-state index < -0.39 is 55.2 Å². The van der Waals surface area contributed by atoms with Gasteiger partial charge in [0.05, 0.1) is 39.9 Å². The quantitative estimate of drug-likeness (QED) is 0.663. The third-order valence-corrected chi connectivity index (χ3v) is 8.83. The van der Waals surface area contributed by atoms with Crippen LogP contribution in [0.2, 0.25) is 0 Å². The fraction of sp³-hybridized carbons (Fsp3) is 0.636. The molecule has 1 N–H and O–H groups in total. The summed E-state index contributed by atoms with van der Waals surface area (Å²) in [5.41, 5.74) is -2.17. The van der Waals surface area contributed by atoms with E-state index in [1.165, 1.54) is 6.07 Å². The zero-order valence-electron chi connectivity index (χ0n) is 17.8. The minimum absolute atomic E-state index is 0.0937. The number of halogens is 3. The first-order valence-electron chi connectivity index (χ1n) is 10.9. The summed E-state index contributed by atoms with van der Waals surface area (Å²) >= 11 is 0. The summed E-state index contributed by atoms with van der Waals surface area (Å²) in [5, 5.41) is 10.8. The Balaban J connectivity index is 1.60. The Kier molecular flexibility index (Phi) is 6.46. The second-order valence-electron chi connectivity index (χ2n) is 8.91. The van der Waals surface area contributed by atoms with Crippen LogP contribution in [0, 0.1) is 17.2 Å². The molecule has 2 aliphatic carbocycles. The van der Waals surface area contributed by atoms with E-state index in [0.717, 1.165) is 18.2 Å². The van der Waals surface area contributed by atoms with Gasteiger partial charge in [0, 0.05) is 13.2 Å². The molecule has 2 saturated carbocycles. The molecule has 1 heterocycles. The summed E-state index contributed by atoms with van der Waals surface area (Å²) in [4.78, 5) is 12.2. The maximum Gasteiger partial charge on any atom is 0.417 e. The van der Waals surface area contributed by atoms with E-state index in [4.69, 9.17) is 9.47 Å². The number of alkyl halides is 3. The molecule has 33 heavy (non-hydrogen) atoms.